The number of carbonyl (C=O) groups is 2. The predicted octanol–water partition coefficient (Wildman–Crippen LogP) is 1.71. The Balaban J connectivity index is 2.27. The van der Waals surface area contributed by atoms with Crippen molar-refractivity contribution in [3.05, 3.63) is 28.7 Å². The quantitative estimate of drug-likeness (QED) is 0.741. The van der Waals surface area contributed by atoms with Crippen LogP contribution in [-0.4, -0.2) is 25.0 Å². The number of nitrogens with one attached hydrogen (secondary N) is 3. The van der Waals surface area contributed by atoms with Gasteiger partial charge in [-0.3, -0.25) is 4.79 Å². The van der Waals surface area contributed by atoms with Gasteiger partial charge < -0.3 is 16.0 Å². The Hall–Kier alpha value is -1.56. The lowest BCUT2D eigenvalue weighted by molar-refractivity contribution is -0.118. The van der Waals surface area contributed by atoms with Gasteiger partial charge in [-0.05, 0) is 18.2 Å². The zero-order valence-electron chi connectivity index (χ0n) is 9.42. The van der Waals surface area contributed by atoms with Crippen molar-refractivity contribution < 1.29 is 9.59 Å². The van der Waals surface area contributed by atoms with E-state index in [0.717, 1.165) is 4.47 Å². The Kier molecular flexibility index (Phi) is 5.48. The van der Waals surface area contributed by atoms with Gasteiger partial charge in [0.15, 0.2) is 0 Å². The average molecular weight is 300 g/mol. The Morgan fingerprint density at radius 1 is 1.24 bits per heavy atom. The monoisotopic (exact) mass is 299 g/mol. The van der Waals surface area contributed by atoms with Crippen LogP contribution in [0.15, 0.2) is 28.7 Å². The molecular weight excluding hydrogens is 286 g/mol. The van der Waals surface area contributed by atoms with Gasteiger partial charge in [0, 0.05) is 30.2 Å². The second kappa shape index (κ2) is 6.90. The zero-order valence-corrected chi connectivity index (χ0v) is 11.0. The van der Waals surface area contributed by atoms with Crippen molar-refractivity contribution in [2.24, 2.45) is 0 Å². The first-order chi connectivity index (χ1) is 8.08. The van der Waals surface area contributed by atoms with Crippen molar-refractivity contribution in [2.75, 3.05) is 18.4 Å². The molecule has 0 radical (unpaired) electrons. The van der Waals surface area contributed by atoms with Gasteiger partial charge in [-0.2, -0.15) is 0 Å². The van der Waals surface area contributed by atoms with E-state index in [2.05, 4.69) is 31.9 Å². The maximum atomic E-state index is 11.4. The molecule has 1 aromatic carbocycles. The summed E-state index contributed by atoms with van der Waals surface area (Å²) in [5.74, 6) is -0.112. The molecule has 6 heteroatoms. The van der Waals surface area contributed by atoms with Crippen LogP contribution in [0.1, 0.15) is 6.92 Å². The molecule has 5 nitrogen and oxygen atoms in total. The molecule has 0 saturated carbocycles. The van der Waals surface area contributed by atoms with Gasteiger partial charge in [0.25, 0.3) is 0 Å². The van der Waals surface area contributed by atoms with E-state index in [0.29, 0.717) is 18.8 Å². The van der Waals surface area contributed by atoms with E-state index in [9.17, 15) is 9.59 Å². The molecular formula is C11H14BrN3O2. The van der Waals surface area contributed by atoms with Gasteiger partial charge in [0.1, 0.15) is 0 Å². The fourth-order valence-corrected chi connectivity index (χ4v) is 1.56. The van der Waals surface area contributed by atoms with Crippen molar-refractivity contribution in [1.29, 1.82) is 0 Å². The maximum Gasteiger partial charge on any atom is 0.319 e. The van der Waals surface area contributed by atoms with E-state index in [1.165, 1.54) is 6.92 Å². The molecule has 0 unspecified atom stereocenters. The molecule has 1 aromatic rings. The first-order valence-electron chi connectivity index (χ1n) is 5.13. The summed E-state index contributed by atoms with van der Waals surface area (Å²) >= 11 is 3.31. The van der Waals surface area contributed by atoms with E-state index in [1.807, 2.05) is 12.1 Å². The minimum Gasteiger partial charge on any atom is -0.355 e. The smallest absolute Gasteiger partial charge is 0.319 e. The number of amides is 3. The van der Waals surface area contributed by atoms with Crippen LogP contribution < -0.4 is 16.0 Å². The number of rotatable bonds is 4. The number of benzene rings is 1. The average Bonchev–Trinajstić information content (AvgIpc) is 2.24. The van der Waals surface area contributed by atoms with E-state index in [1.54, 1.807) is 12.1 Å². The van der Waals surface area contributed by atoms with Crippen LogP contribution in [0.2, 0.25) is 0 Å². The molecule has 0 spiro atoms. The first kappa shape index (κ1) is 13.5. The molecule has 1 rings (SSSR count). The molecule has 0 heterocycles. The predicted molar refractivity (Wildman–Crippen MR) is 69.8 cm³/mol. The molecule has 0 aromatic heterocycles. The highest BCUT2D eigenvalue weighted by atomic mass is 79.9. The molecule has 0 aliphatic rings. The Morgan fingerprint density at radius 3 is 2.59 bits per heavy atom. The second-order valence-electron chi connectivity index (χ2n) is 3.37. The summed E-state index contributed by atoms with van der Waals surface area (Å²) in [7, 11) is 0. The third kappa shape index (κ3) is 5.91. The van der Waals surface area contributed by atoms with Crippen LogP contribution in [0, 0.1) is 0 Å². The third-order valence-corrected chi connectivity index (χ3v) is 2.36. The highest BCUT2D eigenvalue weighted by molar-refractivity contribution is 9.10. The number of hydrogen-bond acceptors (Lipinski definition) is 2. The highest BCUT2D eigenvalue weighted by Crippen LogP contribution is 2.15. The van der Waals surface area contributed by atoms with Gasteiger partial charge in [0.05, 0.1) is 0 Å². The molecule has 92 valence electrons. The molecule has 0 saturated heterocycles. The lowest BCUT2D eigenvalue weighted by atomic mass is 10.3. The summed E-state index contributed by atoms with van der Waals surface area (Å²) in [6.07, 6.45) is 0. The summed E-state index contributed by atoms with van der Waals surface area (Å²) in [6.45, 7) is 2.24. The van der Waals surface area contributed by atoms with Crippen LogP contribution in [0.4, 0.5) is 10.5 Å². The van der Waals surface area contributed by atoms with E-state index in [4.69, 9.17) is 0 Å². The molecule has 0 bridgehead atoms. The Bertz CT molecular complexity index is 409. The lowest BCUT2D eigenvalue weighted by Crippen LogP contribution is -2.36. The molecule has 0 aliphatic heterocycles. The molecule has 3 N–H and O–H groups in total. The van der Waals surface area contributed by atoms with Crippen molar-refractivity contribution in [3.63, 3.8) is 0 Å². The largest absolute Gasteiger partial charge is 0.355 e. The van der Waals surface area contributed by atoms with Crippen LogP contribution in [0.3, 0.4) is 0 Å². The molecule has 3 amide bonds. The van der Waals surface area contributed by atoms with Crippen LogP contribution in [0.25, 0.3) is 0 Å². The SMILES string of the molecule is CC(=O)NCCNC(=O)Nc1cccc(Br)c1. The minimum atomic E-state index is -0.298. The number of hydrogen-bond donors (Lipinski definition) is 3. The summed E-state index contributed by atoms with van der Waals surface area (Å²) < 4.78 is 0.897. The number of halogens is 1. The van der Waals surface area contributed by atoms with Crippen molar-refractivity contribution in [2.45, 2.75) is 6.92 Å². The summed E-state index contributed by atoms with van der Waals surface area (Å²) in [5, 5.41) is 7.89. The van der Waals surface area contributed by atoms with Crippen molar-refractivity contribution >= 4 is 33.6 Å². The summed E-state index contributed by atoms with van der Waals surface area (Å²) in [6, 6.07) is 7.00. The number of carbonyl (C=O) groups excluding carboxylic acids is 2. The van der Waals surface area contributed by atoms with Crippen molar-refractivity contribution in [1.82, 2.24) is 10.6 Å². The van der Waals surface area contributed by atoms with Crippen molar-refractivity contribution in [3.8, 4) is 0 Å². The van der Waals surface area contributed by atoms with E-state index >= 15 is 0 Å². The van der Waals surface area contributed by atoms with E-state index in [-0.39, 0.29) is 11.9 Å². The van der Waals surface area contributed by atoms with Gasteiger partial charge >= 0.3 is 6.03 Å². The lowest BCUT2D eigenvalue weighted by Gasteiger charge is -2.08. The topological polar surface area (TPSA) is 70.2 Å². The molecule has 0 aliphatic carbocycles. The molecule has 0 fully saturated rings. The number of urea groups is 1. The summed E-state index contributed by atoms with van der Waals surface area (Å²) in [4.78, 5) is 22.0. The fourth-order valence-electron chi connectivity index (χ4n) is 1.16. The fraction of sp³-hybridized carbons (Fsp3) is 0.273. The highest BCUT2D eigenvalue weighted by Gasteiger charge is 2.00. The molecule has 0 atom stereocenters. The van der Waals surface area contributed by atoms with Gasteiger partial charge in [0.2, 0.25) is 5.91 Å². The maximum absolute atomic E-state index is 11.4. The first-order valence-corrected chi connectivity index (χ1v) is 5.92. The van der Waals surface area contributed by atoms with Crippen LogP contribution in [-0.2, 0) is 4.79 Å². The summed E-state index contributed by atoms with van der Waals surface area (Å²) in [5.41, 5.74) is 0.705. The third-order valence-electron chi connectivity index (χ3n) is 1.87. The standard InChI is InChI=1S/C11H14BrN3O2/c1-8(16)13-5-6-14-11(17)15-10-4-2-3-9(12)7-10/h2-4,7H,5-6H2,1H3,(H,13,16)(H2,14,15,17). The van der Waals surface area contributed by atoms with Gasteiger partial charge in [-0.15, -0.1) is 0 Å². The normalized spacial score (nSPS) is 9.53. The van der Waals surface area contributed by atoms with Crippen LogP contribution in [0.5, 0.6) is 0 Å². The Labute approximate surface area is 108 Å². The second-order valence-corrected chi connectivity index (χ2v) is 4.29. The van der Waals surface area contributed by atoms with Gasteiger partial charge in [-0.25, -0.2) is 4.79 Å². The Morgan fingerprint density at radius 2 is 1.94 bits per heavy atom. The van der Waals surface area contributed by atoms with E-state index < -0.39 is 0 Å². The van der Waals surface area contributed by atoms with Crippen LogP contribution >= 0.6 is 15.9 Å². The number of anilines is 1. The molecule has 17 heavy (non-hydrogen) atoms. The zero-order chi connectivity index (χ0) is 12.7. The minimum absolute atomic E-state index is 0.112. The van der Waals surface area contributed by atoms with Gasteiger partial charge in [-0.1, -0.05) is 22.0 Å².